The van der Waals surface area contributed by atoms with Crippen LogP contribution in [0.25, 0.3) is 22.4 Å². The Balaban J connectivity index is 2.22. The fourth-order valence-corrected chi connectivity index (χ4v) is 2.06. The molecule has 0 aliphatic rings. The highest BCUT2D eigenvalue weighted by molar-refractivity contribution is 6.34. The largest absolute Gasteiger partial charge is 0.247 e. The molecule has 0 unspecified atom stereocenters. The number of aromatic nitrogens is 3. The lowest BCUT2D eigenvalue weighted by Crippen LogP contribution is -1.96. The molecule has 0 amide bonds. The van der Waals surface area contributed by atoms with Crippen molar-refractivity contribution in [3.8, 4) is 11.5 Å². The van der Waals surface area contributed by atoms with E-state index < -0.39 is 0 Å². The first-order chi connectivity index (χ1) is 9.15. The summed E-state index contributed by atoms with van der Waals surface area (Å²) in [5.41, 5.74) is 1.55. The Labute approximate surface area is 114 Å². The van der Waals surface area contributed by atoms with Gasteiger partial charge < -0.3 is 0 Å². The number of pyridine rings is 1. The number of aryl methyl sites for hydroxylation is 1. The van der Waals surface area contributed by atoms with E-state index in [2.05, 4.69) is 15.0 Å². The second-order valence-electron chi connectivity index (χ2n) is 4.12. The fraction of sp³-hybridized carbons (Fsp3) is 0.0714. The number of benzene rings is 1. The van der Waals surface area contributed by atoms with Crippen LogP contribution in [0.3, 0.4) is 0 Å². The van der Waals surface area contributed by atoms with Gasteiger partial charge in [0, 0.05) is 5.39 Å². The third kappa shape index (κ3) is 2.15. The van der Waals surface area contributed by atoms with Gasteiger partial charge in [-0.3, -0.25) is 0 Å². The quantitative estimate of drug-likeness (QED) is 0.633. The van der Waals surface area contributed by atoms with Crippen LogP contribution in [0.2, 0.25) is 5.15 Å². The first-order valence-corrected chi connectivity index (χ1v) is 6.09. The first kappa shape index (κ1) is 12.0. The van der Waals surface area contributed by atoms with Crippen LogP contribution in [0, 0.1) is 12.7 Å². The monoisotopic (exact) mass is 273 g/mol. The second kappa shape index (κ2) is 4.55. The van der Waals surface area contributed by atoms with Crippen LogP contribution < -0.4 is 0 Å². The van der Waals surface area contributed by atoms with Crippen molar-refractivity contribution in [2.75, 3.05) is 0 Å². The summed E-state index contributed by atoms with van der Waals surface area (Å²) < 4.78 is 13.2. The van der Waals surface area contributed by atoms with Crippen molar-refractivity contribution in [3.05, 3.63) is 53.1 Å². The lowest BCUT2D eigenvalue weighted by atomic mass is 10.2. The molecule has 0 bridgehead atoms. The average Bonchev–Trinajstić information content (AvgIpc) is 2.42. The number of para-hydroxylation sites is 1. The summed E-state index contributed by atoms with van der Waals surface area (Å²) in [6.45, 7) is 1.60. The molecule has 0 N–H and O–H groups in total. The van der Waals surface area contributed by atoms with Crippen LogP contribution in [-0.2, 0) is 0 Å². The van der Waals surface area contributed by atoms with E-state index in [1.54, 1.807) is 13.0 Å². The van der Waals surface area contributed by atoms with E-state index in [0.29, 0.717) is 22.4 Å². The van der Waals surface area contributed by atoms with E-state index in [0.717, 1.165) is 10.9 Å². The first-order valence-electron chi connectivity index (χ1n) is 5.71. The molecule has 0 saturated heterocycles. The molecule has 2 aromatic heterocycles. The molecule has 3 nitrogen and oxygen atoms in total. The molecular weight excluding hydrogens is 265 g/mol. The molecule has 0 fully saturated rings. The molecule has 0 aliphatic heterocycles. The minimum absolute atomic E-state index is 0.311. The van der Waals surface area contributed by atoms with E-state index in [4.69, 9.17) is 11.6 Å². The minimum atomic E-state index is -0.351. The molecule has 3 aromatic rings. The van der Waals surface area contributed by atoms with Gasteiger partial charge in [0.25, 0.3) is 0 Å². The normalized spacial score (nSPS) is 10.9. The van der Waals surface area contributed by atoms with E-state index in [-0.39, 0.29) is 5.82 Å². The van der Waals surface area contributed by atoms with Crippen LogP contribution in [0.5, 0.6) is 0 Å². The summed E-state index contributed by atoms with van der Waals surface area (Å²) in [5, 5.41) is 1.15. The van der Waals surface area contributed by atoms with Gasteiger partial charge in [-0.15, -0.1) is 0 Å². The molecule has 19 heavy (non-hydrogen) atoms. The van der Waals surface area contributed by atoms with Crippen molar-refractivity contribution in [1.82, 2.24) is 15.0 Å². The van der Waals surface area contributed by atoms with Gasteiger partial charge in [-0.05, 0) is 31.2 Å². The number of fused-ring (bicyclic) bond motifs is 1. The number of hydrogen-bond donors (Lipinski definition) is 0. The standard InChI is InChI=1S/C14H9ClFN3/c1-8-10(16)6-7-12(17-8)14-18-11-5-3-2-4-9(11)13(15)19-14/h2-7H,1H3. The number of hydrogen-bond acceptors (Lipinski definition) is 3. The molecule has 0 spiro atoms. The predicted octanol–water partition coefficient (Wildman–Crippen LogP) is 3.79. The Bertz CT molecular complexity index is 774. The van der Waals surface area contributed by atoms with Crippen molar-refractivity contribution >= 4 is 22.5 Å². The van der Waals surface area contributed by atoms with Gasteiger partial charge in [-0.2, -0.15) is 0 Å². The zero-order valence-electron chi connectivity index (χ0n) is 10.1. The molecule has 94 valence electrons. The van der Waals surface area contributed by atoms with Crippen molar-refractivity contribution in [1.29, 1.82) is 0 Å². The predicted molar refractivity (Wildman–Crippen MR) is 72.5 cm³/mol. The zero-order valence-corrected chi connectivity index (χ0v) is 10.8. The van der Waals surface area contributed by atoms with Gasteiger partial charge in [0.05, 0.1) is 11.2 Å². The highest BCUT2D eigenvalue weighted by Crippen LogP contribution is 2.24. The Hall–Kier alpha value is -2.07. The van der Waals surface area contributed by atoms with Gasteiger partial charge in [-0.25, -0.2) is 19.3 Å². The maximum Gasteiger partial charge on any atom is 0.180 e. The Morgan fingerprint density at radius 1 is 1.00 bits per heavy atom. The smallest absolute Gasteiger partial charge is 0.180 e. The van der Waals surface area contributed by atoms with E-state index in [1.165, 1.54) is 6.07 Å². The van der Waals surface area contributed by atoms with E-state index >= 15 is 0 Å². The van der Waals surface area contributed by atoms with Crippen LogP contribution in [0.1, 0.15) is 5.69 Å². The molecule has 0 aliphatic carbocycles. The Morgan fingerprint density at radius 2 is 1.79 bits per heavy atom. The molecule has 3 rings (SSSR count). The summed E-state index contributed by atoms with van der Waals surface area (Å²) in [7, 11) is 0. The number of rotatable bonds is 1. The lowest BCUT2D eigenvalue weighted by molar-refractivity contribution is 0.610. The summed E-state index contributed by atoms with van der Waals surface area (Å²) >= 11 is 6.13. The molecule has 0 saturated carbocycles. The third-order valence-corrected chi connectivity index (χ3v) is 3.10. The molecule has 0 atom stereocenters. The Morgan fingerprint density at radius 3 is 2.58 bits per heavy atom. The van der Waals surface area contributed by atoms with Crippen molar-refractivity contribution in [2.45, 2.75) is 6.92 Å². The van der Waals surface area contributed by atoms with Crippen LogP contribution >= 0.6 is 11.6 Å². The van der Waals surface area contributed by atoms with Crippen molar-refractivity contribution in [2.24, 2.45) is 0 Å². The highest BCUT2D eigenvalue weighted by atomic mass is 35.5. The van der Waals surface area contributed by atoms with Gasteiger partial charge in [0.1, 0.15) is 16.7 Å². The van der Waals surface area contributed by atoms with Gasteiger partial charge in [0.15, 0.2) is 5.82 Å². The number of nitrogens with zero attached hydrogens (tertiary/aromatic N) is 3. The van der Waals surface area contributed by atoms with Crippen molar-refractivity contribution < 1.29 is 4.39 Å². The highest BCUT2D eigenvalue weighted by Gasteiger charge is 2.10. The molecule has 5 heteroatoms. The Kier molecular flexibility index (Phi) is 2.87. The number of halogens is 2. The lowest BCUT2D eigenvalue weighted by Gasteiger charge is -2.05. The van der Waals surface area contributed by atoms with Crippen LogP contribution in [0.4, 0.5) is 4.39 Å². The zero-order chi connectivity index (χ0) is 13.4. The van der Waals surface area contributed by atoms with Crippen molar-refractivity contribution in [3.63, 3.8) is 0 Å². The summed E-state index contributed by atoms with van der Waals surface area (Å²) in [5.74, 6) is 0.0439. The van der Waals surface area contributed by atoms with Crippen LogP contribution in [-0.4, -0.2) is 15.0 Å². The van der Waals surface area contributed by atoms with Crippen LogP contribution in [0.15, 0.2) is 36.4 Å². The minimum Gasteiger partial charge on any atom is -0.247 e. The maximum atomic E-state index is 13.2. The third-order valence-electron chi connectivity index (χ3n) is 2.81. The van der Waals surface area contributed by atoms with E-state index in [1.807, 2.05) is 24.3 Å². The topological polar surface area (TPSA) is 38.7 Å². The van der Waals surface area contributed by atoms with E-state index in [9.17, 15) is 4.39 Å². The second-order valence-corrected chi connectivity index (χ2v) is 4.48. The molecule has 2 heterocycles. The van der Waals surface area contributed by atoms with Gasteiger partial charge >= 0.3 is 0 Å². The summed E-state index contributed by atoms with van der Waals surface area (Å²) in [6.07, 6.45) is 0. The van der Waals surface area contributed by atoms with Gasteiger partial charge in [0.2, 0.25) is 0 Å². The average molecular weight is 274 g/mol. The summed E-state index contributed by atoms with van der Waals surface area (Å²) in [4.78, 5) is 12.7. The molecule has 1 aromatic carbocycles. The maximum absolute atomic E-state index is 13.2. The SMILES string of the molecule is Cc1nc(-c2nc(Cl)c3ccccc3n2)ccc1F. The van der Waals surface area contributed by atoms with Gasteiger partial charge in [-0.1, -0.05) is 23.7 Å². The molecule has 0 radical (unpaired) electrons. The fourth-order valence-electron chi connectivity index (χ4n) is 1.82. The summed E-state index contributed by atoms with van der Waals surface area (Å²) in [6, 6.07) is 10.3. The molecular formula is C14H9ClFN3.